The molecule has 1 heterocycles. The molecule has 0 bridgehead atoms. The number of para-hydroxylation sites is 1. The molecule has 28 heavy (non-hydrogen) atoms. The third-order valence-corrected chi connectivity index (χ3v) is 5.63. The van der Waals surface area contributed by atoms with Crippen molar-refractivity contribution in [2.45, 2.75) is 71.3 Å². The number of amides is 1. The van der Waals surface area contributed by atoms with Crippen LogP contribution in [0.15, 0.2) is 36.8 Å². The summed E-state index contributed by atoms with van der Waals surface area (Å²) < 4.78 is 0. The number of carbonyl (C=O) groups is 1. The van der Waals surface area contributed by atoms with Crippen molar-refractivity contribution < 1.29 is 4.79 Å². The quantitative estimate of drug-likeness (QED) is 0.710. The van der Waals surface area contributed by atoms with Crippen molar-refractivity contribution in [1.82, 2.24) is 9.97 Å². The second-order valence-corrected chi connectivity index (χ2v) is 8.39. The van der Waals surface area contributed by atoms with E-state index in [1.807, 2.05) is 0 Å². The zero-order chi connectivity index (χ0) is 20.1. The maximum Gasteiger partial charge on any atom is 0.227 e. The molecule has 1 aliphatic rings. The van der Waals surface area contributed by atoms with Crippen molar-refractivity contribution in [3.8, 4) is 0 Å². The van der Waals surface area contributed by atoms with Crippen molar-refractivity contribution in [2.24, 2.45) is 5.92 Å². The summed E-state index contributed by atoms with van der Waals surface area (Å²) in [7, 11) is 0. The SMILES string of the molecule is CC(C)c1cccc(C(C)C)c1NC(=O)C1CCC(Nc2cnccn2)CC1. The molecule has 0 spiro atoms. The van der Waals surface area contributed by atoms with E-state index in [1.54, 1.807) is 18.6 Å². The Morgan fingerprint density at radius 3 is 2.18 bits per heavy atom. The maximum atomic E-state index is 13.0. The average Bonchev–Trinajstić information content (AvgIpc) is 2.69. The van der Waals surface area contributed by atoms with Crippen LogP contribution in [-0.2, 0) is 4.79 Å². The van der Waals surface area contributed by atoms with Gasteiger partial charge in [-0.25, -0.2) is 4.98 Å². The first-order valence-corrected chi connectivity index (χ1v) is 10.4. The normalized spacial score (nSPS) is 19.6. The Morgan fingerprint density at radius 2 is 1.64 bits per heavy atom. The summed E-state index contributed by atoms with van der Waals surface area (Å²) in [5, 5.41) is 6.73. The van der Waals surface area contributed by atoms with Crippen LogP contribution in [0, 0.1) is 5.92 Å². The van der Waals surface area contributed by atoms with E-state index in [4.69, 9.17) is 0 Å². The molecule has 1 aliphatic carbocycles. The molecule has 0 radical (unpaired) electrons. The smallest absolute Gasteiger partial charge is 0.227 e. The van der Waals surface area contributed by atoms with Crippen LogP contribution < -0.4 is 10.6 Å². The average molecular weight is 381 g/mol. The van der Waals surface area contributed by atoms with Gasteiger partial charge in [0.15, 0.2) is 0 Å². The van der Waals surface area contributed by atoms with Gasteiger partial charge in [-0.05, 0) is 48.6 Å². The number of nitrogens with one attached hydrogen (secondary N) is 2. The number of anilines is 2. The molecular weight excluding hydrogens is 348 g/mol. The first-order valence-electron chi connectivity index (χ1n) is 10.4. The summed E-state index contributed by atoms with van der Waals surface area (Å²) in [5.74, 6) is 1.79. The van der Waals surface area contributed by atoms with E-state index in [0.29, 0.717) is 17.9 Å². The second-order valence-electron chi connectivity index (χ2n) is 8.39. The minimum absolute atomic E-state index is 0.0696. The first kappa shape index (κ1) is 20.3. The van der Waals surface area contributed by atoms with Gasteiger partial charge in [0.25, 0.3) is 0 Å². The van der Waals surface area contributed by atoms with Crippen molar-refractivity contribution in [1.29, 1.82) is 0 Å². The number of carbonyl (C=O) groups excluding carboxylic acids is 1. The molecule has 5 heteroatoms. The highest BCUT2D eigenvalue weighted by molar-refractivity contribution is 5.94. The van der Waals surface area contributed by atoms with Gasteiger partial charge < -0.3 is 10.6 Å². The van der Waals surface area contributed by atoms with Crippen molar-refractivity contribution in [3.05, 3.63) is 47.9 Å². The Labute approximate surface area is 168 Å². The number of nitrogens with zero attached hydrogens (tertiary/aromatic N) is 2. The predicted octanol–water partition coefficient (Wildman–Crippen LogP) is 5.33. The van der Waals surface area contributed by atoms with E-state index in [9.17, 15) is 4.79 Å². The van der Waals surface area contributed by atoms with Crippen LogP contribution in [0.4, 0.5) is 11.5 Å². The van der Waals surface area contributed by atoms with E-state index in [0.717, 1.165) is 37.2 Å². The van der Waals surface area contributed by atoms with Crippen LogP contribution in [0.25, 0.3) is 0 Å². The molecule has 0 atom stereocenters. The molecule has 2 aromatic rings. The van der Waals surface area contributed by atoms with Gasteiger partial charge in [-0.3, -0.25) is 9.78 Å². The van der Waals surface area contributed by atoms with Gasteiger partial charge in [0.1, 0.15) is 5.82 Å². The zero-order valence-corrected chi connectivity index (χ0v) is 17.4. The maximum absolute atomic E-state index is 13.0. The lowest BCUT2D eigenvalue weighted by molar-refractivity contribution is -0.120. The van der Waals surface area contributed by atoms with E-state index < -0.39 is 0 Å². The summed E-state index contributed by atoms with van der Waals surface area (Å²) in [6.45, 7) is 8.72. The highest BCUT2D eigenvalue weighted by Crippen LogP contribution is 2.34. The lowest BCUT2D eigenvalue weighted by Gasteiger charge is -2.29. The number of aromatic nitrogens is 2. The third kappa shape index (κ3) is 4.89. The molecule has 0 unspecified atom stereocenters. The lowest BCUT2D eigenvalue weighted by Crippen LogP contribution is -2.32. The molecule has 1 amide bonds. The third-order valence-electron chi connectivity index (χ3n) is 5.63. The second kappa shape index (κ2) is 9.18. The van der Waals surface area contributed by atoms with Gasteiger partial charge in [0.05, 0.1) is 6.20 Å². The molecule has 1 saturated carbocycles. The Morgan fingerprint density at radius 1 is 1.00 bits per heavy atom. The molecule has 5 nitrogen and oxygen atoms in total. The molecule has 150 valence electrons. The fourth-order valence-electron chi connectivity index (χ4n) is 4.00. The summed E-state index contributed by atoms with van der Waals surface area (Å²) in [6.07, 6.45) is 8.84. The fourth-order valence-corrected chi connectivity index (χ4v) is 4.00. The molecular formula is C23H32N4O. The Kier molecular flexibility index (Phi) is 6.65. The van der Waals surface area contributed by atoms with Crippen LogP contribution in [0.1, 0.15) is 76.3 Å². The summed E-state index contributed by atoms with van der Waals surface area (Å²) in [5.41, 5.74) is 3.47. The van der Waals surface area contributed by atoms with Gasteiger partial charge in [-0.1, -0.05) is 45.9 Å². The number of hydrogen-bond donors (Lipinski definition) is 2. The van der Waals surface area contributed by atoms with Crippen LogP contribution in [0.5, 0.6) is 0 Å². The molecule has 3 rings (SSSR count). The molecule has 1 fully saturated rings. The summed E-state index contributed by atoms with van der Waals surface area (Å²) >= 11 is 0. The summed E-state index contributed by atoms with van der Waals surface area (Å²) in [4.78, 5) is 21.4. The molecule has 1 aromatic heterocycles. The van der Waals surface area contributed by atoms with Crippen LogP contribution in [-0.4, -0.2) is 21.9 Å². The Hall–Kier alpha value is -2.43. The summed E-state index contributed by atoms with van der Waals surface area (Å²) in [6, 6.07) is 6.72. The van der Waals surface area contributed by atoms with Crippen molar-refractivity contribution in [3.63, 3.8) is 0 Å². The molecule has 0 aliphatic heterocycles. The van der Waals surface area contributed by atoms with Crippen molar-refractivity contribution >= 4 is 17.4 Å². The van der Waals surface area contributed by atoms with Crippen molar-refractivity contribution in [2.75, 3.05) is 10.6 Å². The van der Waals surface area contributed by atoms with Crippen LogP contribution >= 0.6 is 0 Å². The van der Waals surface area contributed by atoms with Gasteiger partial charge in [-0.15, -0.1) is 0 Å². The Balaban J connectivity index is 1.63. The zero-order valence-electron chi connectivity index (χ0n) is 17.4. The first-order chi connectivity index (χ1) is 13.5. The van der Waals surface area contributed by atoms with Crippen LogP contribution in [0.3, 0.4) is 0 Å². The van der Waals surface area contributed by atoms with E-state index in [-0.39, 0.29) is 11.8 Å². The standard InChI is InChI=1S/C23H32N4O/c1-15(2)19-6-5-7-20(16(3)4)22(19)27-23(28)17-8-10-18(11-9-17)26-21-14-24-12-13-25-21/h5-7,12-18H,8-11H2,1-4H3,(H,25,26)(H,27,28). The number of benzene rings is 1. The highest BCUT2D eigenvalue weighted by atomic mass is 16.1. The minimum Gasteiger partial charge on any atom is -0.366 e. The molecule has 2 N–H and O–H groups in total. The van der Waals surface area contributed by atoms with Gasteiger partial charge in [0, 0.05) is 30.0 Å². The van der Waals surface area contributed by atoms with Crippen LogP contribution in [0.2, 0.25) is 0 Å². The molecule has 1 aromatic carbocycles. The predicted molar refractivity (Wildman–Crippen MR) is 115 cm³/mol. The monoisotopic (exact) mass is 380 g/mol. The topological polar surface area (TPSA) is 66.9 Å². The highest BCUT2D eigenvalue weighted by Gasteiger charge is 2.27. The van der Waals surface area contributed by atoms with Gasteiger partial charge in [-0.2, -0.15) is 0 Å². The van der Waals surface area contributed by atoms with E-state index in [1.165, 1.54) is 11.1 Å². The largest absolute Gasteiger partial charge is 0.366 e. The Bertz CT molecular complexity index is 754. The minimum atomic E-state index is 0.0696. The number of hydrogen-bond acceptors (Lipinski definition) is 4. The van der Waals surface area contributed by atoms with E-state index >= 15 is 0 Å². The fraction of sp³-hybridized carbons (Fsp3) is 0.522. The van der Waals surface area contributed by atoms with Gasteiger partial charge >= 0.3 is 0 Å². The number of rotatable bonds is 6. The molecule has 0 saturated heterocycles. The van der Waals surface area contributed by atoms with Gasteiger partial charge in [0.2, 0.25) is 5.91 Å². The van der Waals surface area contributed by atoms with E-state index in [2.05, 4.69) is 66.5 Å². The lowest BCUT2D eigenvalue weighted by atomic mass is 9.85.